The highest BCUT2D eigenvalue weighted by Crippen LogP contribution is 2.54. The highest BCUT2D eigenvalue weighted by atomic mass is 19.4. The van der Waals surface area contributed by atoms with Crippen LogP contribution in [0.3, 0.4) is 0 Å². The second-order valence-corrected chi connectivity index (χ2v) is 7.80. The maximum absolute atomic E-state index is 12.5. The zero-order valence-electron chi connectivity index (χ0n) is 16.6. The Kier molecular flexibility index (Phi) is 3.99. The van der Waals surface area contributed by atoms with Gasteiger partial charge in [-0.3, -0.25) is 9.36 Å². The average molecular weight is 416 g/mol. The standard InChI is InChI=1S/C19H19F3N8/c1-10-4-11(2)30-18(24-10)25-17(27-30)16-6-15(26-28(16)3)14-5-13(14)12-7-23-29(8-12)9-19(20,21)22/h4,6-8,13-14H,5,9H2,1-3H3/t13-,14+/m1/s1. The fourth-order valence-corrected chi connectivity index (χ4v) is 3.89. The summed E-state index contributed by atoms with van der Waals surface area (Å²) in [6.07, 6.45) is -0.468. The maximum Gasteiger partial charge on any atom is 0.408 e. The highest BCUT2D eigenvalue weighted by Gasteiger charge is 2.42. The van der Waals surface area contributed by atoms with E-state index in [9.17, 15) is 13.2 Å². The normalized spacial score (nSPS) is 19.0. The molecular formula is C19H19F3N8. The molecule has 8 nitrogen and oxygen atoms in total. The number of halogens is 3. The summed E-state index contributed by atoms with van der Waals surface area (Å²) in [4.78, 5) is 8.95. The molecule has 156 valence electrons. The number of hydrogen-bond acceptors (Lipinski definition) is 5. The summed E-state index contributed by atoms with van der Waals surface area (Å²) >= 11 is 0. The van der Waals surface area contributed by atoms with Gasteiger partial charge in [0.1, 0.15) is 12.2 Å². The van der Waals surface area contributed by atoms with Crippen molar-refractivity contribution in [3.63, 3.8) is 0 Å². The van der Waals surface area contributed by atoms with Crippen LogP contribution < -0.4 is 0 Å². The molecule has 4 aromatic heterocycles. The van der Waals surface area contributed by atoms with Crippen LogP contribution in [0, 0.1) is 13.8 Å². The largest absolute Gasteiger partial charge is 0.408 e. The Morgan fingerprint density at radius 3 is 2.67 bits per heavy atom. The lowest BCUT2D eigenvalue weighted by molar-refractivity contribution is -0.142. The lowest BCUT2D eigenvalue weighted by Crippen LogP contribution is -2.17. The zero-order chi connectivity index (χ0) is 21.2. The molecule has 0 spiro atoms. The first-order valence-corrected chi connectivity index (χ1v) is 9.52. The van der Waals surface area contributed by atoms with Gasteiger partial charge in [-0.25, -0.2) is 9.50 Å². The predicted octanol–water partition coefficient (Wildman–Crippen LogP) is 3.17. The molecule has 0 amide bonds. The van der Waals surface area contributed by atoms with Crippen LogP contribution in [0.2, 0.25) is 0 Å². The molecule has 2 atom stereocenters. The van der Waals surface area contributed by atoms with Gasteiger partial charge in [0, 0.05) is 30.6 Å². The smallest absolute Gasteiger partial charge is 0.264 e. The minimum absolute atomic E-state index is 0.121. The zero-order valence-corrected chi connectivity index (χ0v) is 16.6. The summed E-state index contributed by atoms with van der Waals surface area (Å²) in [6, 6.07) is 3.88. The van der Waals surface area contributed by atoms with E-state index in [1.165, 1.54) is 12.4 Å². The van der Waals surface area contributed by atoms with Crippen LogP contribution in [-0.2, 0) is 13.6 Å². The van der Waals surface area contributed by atoms with Crippen LogP contribution in [0.4, 0.5) is 13.2 Å². The Morgan fingerprint density at radius 1 is 1.10 bits per heavy atom. The quantitative estimate of drug-likeness (QED) is 0.511. The summed E-state index contributed by atoms with van der Waals surface area (Å²) in [5.74, 6) is 1.34. The van der Waals surface area contributed by atoms with Crippen LogP contribution >= 0.6 is 0 Å². The van der Waals surface area contributed by atoms with Gasteiger partial charge >= 0.3 is 6.18 Å². The summed E-state index contributed by atoms with van der Waals surface area (Å²) in [5.41, 5.74) is 4.26. The molecule has 0 aromatic carbocycles. The third-order valence-electron chi connectivity index (χ3n) is 5.34. The van der Waals surface area contributed by atoms with Gasteiger partial charge in [-0.2, -0.15) is 28.4 Å². The molecule has 0 radical (unpaired) electrons. The number of rotatable bonds is 4. The van der Waals surface area contributed by atoms with Crippen molar-refractivity contribution in [2.45, 2.75) is 44.8 Å². The first-order valence-electron chi connectivity index (χ1n) is 9.52. The minimum atomic E-state index is -4.28. The Bertz CT molecular complexity index is 1250. The van der Waals surface area contributed by atoms with E-state index >= 15 is 0 Å². The molecule has 1 aliphatic rings. The predicted molar refractivity (Wildman–Crippen MR) is 101 cm³/mol. The summed E-state index contributed by atoms with van der Waals surface area (Å²) in [5, 5.41) is 13.0. The number of hydrogen-bond donors (Lipinski definition) is 0. The van der Waals surface area contributed by atoms with E-state index in [2.05, 4.69) is 25.3 Å². The molecule has 5 rings (SSSR count). The second-order valence-electron chi connectivity index (χ2n) is 7.80. The second kappa shape index (κ2) is 6.38. The van der Waals surface area contributed by atoms with E-state index < -0.39 is 12.7 Å². The molecule has 30 heavy (non-hydrogen) atoms. The van der Waals surface area contributed by atoms with Crippen LogP contribution in [0.15, 0.2) is 24.5 Å². The van der Waals surface area contributed by atoms with E-state index in [1.54, 1.807) is 9.20 Å². The van der Waals surface area contributed by atoms with Gasteiger partial charge in [0.15, 0.2) is 0 Å². The van der Waals surface area contributed by atoms with E-state index in [0.29, 0.717) is 11.6 Å². The van der Waals surface area contributed by atoms with Crippen molar-refractivity contribution in [1.29, 1.82) is 0 Å². The van der Waals surface area contributed by atoms with Crippen molar-refractivity contribution in [3.8, 4) is 11.5 Å². The summed E-state index contributed by atoms with van der Waals surface area (Å²) in [6.45, 7) is 2.78. The molecule has 0 saturated heterocycles. The van der Waals surface area contributed by atoms with Crippen molar-refractivity contribution in [2.24, 2.45) is 7.05 Å². The van der Waals surface area contributed by atoms with Crippen LogP contribution in [0.5, 0.6) is 0 Å². The molecule has 0 aliphatic heterocycles. The lowest BCUT2D eigenvalue weighted by Gasteiger charge is -2.04. The molecule has 4 heterocycles. The van der Waals surface area contributed by atoms with Gasteiger partial charge in [-0.1, -0.05) is 0 Å². The maximum atomic E-state index is 12.5. The molecule has 4 aromatic rings. The SMILES string of the molecule is Cc1cc(C)n2nc(-c3cc([C@H]4C[C@@H]4c4cnn(CC(F)(F)F)c4)nn3C)nc2n1. The van der Waals surface area contributed by atoms with Crippen molar-refractivity contribution < 1.29 is 13.2 Å². The fourth-order valence-electron chi connectivity index (χ4n) is 3.89. The molecule has 0 bridgehead atoms. The topological polar surface area (TPSA) is 78.7 Å². The first kappa shape index (κ1) is 18.8. The van der Waals surface area contributed by atoms with Gasteiger partial charge in [0.2, 0.25) is 5.82 Å². The minimum Gasteiger partial charge on any atom is -0.264 e. The third kappa shape index (κ3) is 3.33. The van der Waals surface area contributed by atoms with Crippen molar-refractivity contribution in [1.82, 2.24) is 39.1 Å². The monoisotopic (exact) mass is 416 g/mol. The molecule has 1 saturated carbocycles. The van der Waals surface area contributed by atoms with Crippen LogP contribution in [0.1, 0.15) is 40.9 Å². The average Bonchev–Trinajstić information content (AvgIpc) is 2.96. The van der Waals surface area contributed by atoms with Crippen molar-refractivity contribution in [3.05, 3.63) is 47.2 Å². The molecular weight excluding hydrogens is 397 g/mol. The number of nitrogens with zero attached hydrogens (tertiary/aromatic N) is 8. The number of alkyl halides is 3. The summed E-state index contributed by atoms with van der Waals surface area (Å²) in [7, 11) is 1.83. The Labute approximate surface area is 169 Å². The van der Waals surface area contributed by atoms with Gasteiger partial charge in [0.05, 0.1) is 11.9 Å². The van der Waals surface area contributed by atoms with Crippen molar-refractivity contribution >= 4 is 5.78 Å². The van der Waals surface area contributed by atoms with E-state index in [1.807, 2.05) is 33.0 Å². The Hall–Kier alpha value is -3.24. The lowest BCUT2D eigenvalue weighted by atomic mass is 10.1. The van der Waals surface area contributed by atoms with Gasteiger partial charge in [-0.15, -0.1) is 5.10 Å². The van der Waals surface area contributed by atoms with Crippen LogP contribution in [0.25, 0.3) is 17.3 Å². The van der Waals surface area contributed by atoms with E-state index in [-0.39, 0.29) is 11.8 Å². The number of aryl methyl sites for hydroxylation is 3. The Balaban J connectivity index is 1.39. The number of fused-ring (bicyclic) bond motifs is 1. The highest BCUT2D eigenvalue weighted by molar-refractivity contribution is 5.54. The molecule has 0 N–H and O–H groups in total. The van der Waals surface area contributed by atoms with E-state index in [0.717, 1.165) is 39.4 Å². The Morgan fingerprint density at radius 2 is 1.90 bits per heavy atom. The van der Waals surface area contributed by atoms with Gasteiger partial charge < -0.3 is 0 Å². The third-order valence-corrected chi connectivity index (χ3v) is 5.34. The number of aromatic nitrogens is 8. The van der Waals surface area contributed by atoms with Crippen molar-refractivity contribution in [2.75, 3.05) is 0 Å². The summed E-state index contributed by atoms with van der Waals surface area (Å²) < 4.78 is 42.0. The first-order chi connectivity index (χ1) is 14.2. The molecule has 0 unspecified atom stereocenters. The van der Waals surface area contributed by atoms with E-state index in [4.69, 9.17) is 0 Å². The molecule has 1 fully saturated rings. The van der Waals surface area contributed by atoms with Gasteiger partial charge in [-0.05, 0) is 43.9 Å². The molecule has 1 aliphatic carbocycles. The molecule has 11 heteroatoms. The fraction of sp³-hybridized carbons (Fsp3) is 0.421. The van der Waals surface area contributed by atoms with Crippen LogP contribution in [-0.4, -0.2) is 45.3 Å². The van der Waals surface area contributed by atoms with Gasteiger partial charge in [0.25, 0.3) is 5.78 Å².